The number of rotatable bonds is 5. The number of piperazine rings is 1. The van der Waals surface area contributed by atoms with Gasteiger partial charge in [0, 0.05) is 48.4 Å². The van der Waals surface area contributed by atoms with Crippen LogP contribution >= 0.6 is 27.5 Å². The summed E-state index contributed by atoms with van der Waals surface area (Å²) in [6, 6.07) is 16.7. The van der Waals surface area contributed by atoms with E-state index in [1.54, 1.807) is 18.2 Å². The summed E-state index contributed by atoms with van der Waals surface area (Å²) in [5.41, 5.74) is 3.31. The molecule has 0 bridgehead atoms. The lowest BCUT2D eigenvalue weighted by Crippen LogP contribution is -2.48. The number of hydrogen-bond acceptors (Lipinski definition) is 4. The molecule has 3 aromatic carbocycles. The Kier molecular flexibility index (Phi) is 7.82. The zero-order valence-electron chi connectivity index (χ0n) is 20.9. The van der Waals surface area contributed by atoms with Gasteiger partial charge >= 0.3 is 0 Å². The molecule has 0 N–H and O–H groups in total. The van der Waals surface area contributed by atoms with E-state index in [1.165, 1.54) is 28.6 Å². The molecular formula is C28H28BrClFN3O3S. The van der Waals surface area contributed by atoms with Crippen LogP contribution < -0.4 is 4.90 Å². The second-order valence-corrected chi connectivity index (χ2v) is 12.8. The Morgan fingerprint density at radius 2 is 1.68 bits per heavy atom. The second-order valence-electron chi connectivity index (χ2n) is 9.68. The Morgan fingerprint density at radius 3 is 2.37 bits per heavy atom. The lowest BCUT2D eigenvalue weighted by atomic mass is 10.0. The molecule has 0 aromatic heterocycles. The van der Waals surface area contributed by atoms with Gasteiger partial charge in [0.25, 0.3) is 5.91 Å². The van der Waals surface area contributed by atoms with Crippen molar-refractivity contribution >= 4 is 49.1 Å². The van der Waals surface area contributed by atoms with E-state index in [0.29, 0.717) is 25.2 Å². The third-order valence-electron chi connectivity index (χ3n) is 7.31. The summed E-state index contributed by atoms with van der Waals surface area (Å²) in [6.45, 7) is 4.06. The first kappa shape index (κ1) is 27.1. The van der Waals surface area contributed by atoms with Gasteiger partial charge in [0.15, 0.2) is 0 Å². The predicted octanol–water partition coefficient (Wildman–Crippen LogP) is 6.04. The van der Waals surface area contributed by atoms with Crippen LogP contribution in [-0.2, 0) is 10.0 Å². The number of carbonyl (C=O) groups is 1. The maximum atomic E-state index is 13.6. The van der Waals surface area contributed by atoms with Crippen molar-refractivity contribution in [3.63, 3.8) is 0 Å². The van der Waals surface area contributed by atoms with Gasteiger partial charge in [-0.15, -0.1) is 0 Å². The molecule has 2 heterocycles. The van der Waals surface area contributed by atoms with E-state index in [0.717, 1.165) is 34.1 Å². The highest BCUT2D eigenvalue weighted by Crippen LogP contribution is 2.36. The Balaban J connectivity index is 1.35. The van der Waals surface area contributed by atoms with Gasteiger partial charge in [0.1, 0.15) is 10.7 Å². The van der Waals surface area contributed by atoms with Crippen molar-refractivity contribution in [2.45, 2.75) is 30.7 Å². The first-order valence-electron chi connectivity index (χ1n) is 12.5. The van der Waals surface area contributed by atoms with E-state index in [-0.39, 0.29) is 40.8 Å². The third kappa shape index (κ3) is 5.34. The third-order valence-corrected chi connectivity index (χ3v) is 10.6. The minimum Gasteiger partial charge on any atom is -0.369 e. The molecule has 0 saturated carbocycles. The van der Waals surface area contributed by atoms with Crippen LogP contribution in [0.25, 0.3) is 0 Å². The number of amides is 1. The van der Waals surface area contributed by atoms with E-state index in [2.05, 4.69) is 22.0 Å². The van der Waals surface area contributed by atoms with Gasteiger partial charge in [-0.2, -0.15) is 4.31 Å². The summed E-state index contributed by atoms with van der Waals surface area (Å²) in [5, 5.41) is 0.0871. The number of aryl methyl sites for hydroxylation is 1. The van der Waals surface area contributed by atoms with E-state index in [9.17, 15) is 17.6 Å². The predicted molar refractivity (Wildman–Crippen MR) is 151 cm³/mol. The van der Waals surface area contributed by atoms with Crippen LogP contribution in [0, 0.1) is 12.7 Å². The Hall–Kier alpha value is -2.46. The normalized spacial score (nSPS) is 18.7. The Bertz CT molecular complexity index is 1460. The molecule has 3 aromatic rings. The van der Waals surface area contributed by atoms with Crippen LogP contribution in [0.3, 0.4) is 0 Å². The minimum absolute atomic E-state index is 0.0597. The second kappa shape index (κ2) is 11.0. The molecule has 2 aliphatic rings. The van der Waals surface area contributed by atoms with Crippen LogP contribution in [0.2, 0.25) is 5.02 Å². The average molecular weight is 621 g/mol. The number of likely N-dealkylation sites (tertiary alicyclic amines) is 1. The quantitative estimate of drug-likeness (QED) is 0.349. The van der Waals surface area contributed by atoms with Crippen LogP contribution in [0.1, 0.15) is 40.4 Å². The maximum Gasteiger partial charge on any atom is 0.254 e. The fourth-order valence-corrected chi connectivity index (χ4v) is 7.38. The highest BCUT2D eigenvalue weighted by Gasteiger charge is 2.34. The summed E-state index contributed by atoms with van der Waals surface area (Å²) in [7, 11) is -3.92. The number of anilines is 1. The van der Waals surface area contributed by atoms with Crippen LogP contribution in [0.4, 0.5) is 10.1 Å². The number of benzene rings is 3. The summed E-state index contributed by atoms with van der Waals surface area (Å²) >= 11 is 9.91. The van der Waals surface area contributed by atoms with Crippen molar-refractivity contribution in [1.82, 2.24) is 9.21 Å². The van der Waals surface area contributed by atoms with E-state index >= 15 is 0 Å². The number of hydrogen-bond donors (Lipinski definition) is 0. The molecule has 38 heavy (non-hydrogen) atoms. The molecule has 2 aliphatic heterocycles. The number of halogens is 3. The smallest absolute Gasteiger partial charge is 0.254 e. The number of carbonyl (C=O) groups excluding carboxylic acids is 1. The molecule has 10 heteroatoms. The van der Waals surface area contributed by atoms with Gasteiger partial charge in [-0.25, -0.2) is 12.8 Å². The highest BCUT2D eigenvalue weighted by atomic mass is 79.9. The molecule has 5 rings (SSSR count). The van der Waals surface area contributed by atoms with E-state index < -0.39 is 10.0 Å². The average Bonchev–Trinajstić information content (AvgIpc) is 3.40. The van der Waals surface area contributed by atoms with E-state index in [1.807, 2.05) is 28.9 Å². The van der Waals surface area contributed by atoms with Crippen molar-refractivity contribution in [3.05, 3.63) is 92.7 Å². The lowest BCUT2D eigenvalue weighted by molar-refractivity contribution is 0.0735. The largest absolute Gasteiger partial charge is 0.369 e. The van der Waals surface area contributed by atoms with Crippen molar-refractivity contribution in [3.8, 4) is 0 Å². The fourth-order valence-electron chi connectivity index (χ4n) is 5.21. The summed E-state index contributed by atoms with van der Waals surface area (Å²) < 4.78 is 42.9. The van der Waals surface area contributed by atoms with Gasteiger partial charge in [-0.05, 0) is 79.4 Å². The maximum absolute atomic E-state index is 13.6. The van der Waals surface area contributed by atoms with Crippen LogP contribution in [-0.4, -0.2) is 56.3 Å². The summed E-state index contributed by atoms with van der Waals surface area (Å²) in [5.74, 6) is -0.520. The summed E-state index contributed by atoms with van der Waals surface area (Å²) in [6.07, 6.45) is 1.73. The number of sulfonamides is 1. The first-order valence-corrected chi connectivity index (χ1v) is 15.1. The molecule has 1 amide bonds. The van der Waals surface area contributed by atoms with Gasteiger partial charge in [0.2, 0.25) is 10.0 Å². The van der Waals surface area contributed by atoms with Crippen molar-refractivity contribution in [1.29, 1.82) is 0 Å². The number of nitrogens with zero attached hydrogens (tertiary/aromatic N) is 3. The van der Waals surface area contributed by atoms with Crippen molar-refractivity contribution < 1.29 is 17.6 Å². The Labute approximate surface area is 236 Å². The first-order chi connectivity index (χ1) is 18.1. The topological polar surface area (TPSA) is 60.9 Å². The molecular weight excluding hydrogens is 593 g/mol. The Morgan fingerprint density at radius 1 is 0.974 bits per heavy atom. The summed E-state index contributed by atoms with van der Waals surface area (Å²) in [4.78, 5) is 17.4. The van der Waals surface area contributed by atoms with Crippen LogP contribution in [0.5, 0.6) is 0 Å². The molecule has 2 fully saturated rings. The molecule has 200 valence electrons. The molecule has 1 atom stereocenters. The molecule has 6 nitrogen and oxygen atoms in total. The highest BCUT2D eigenvalue weighted by molar-refractivity contribution is 9.10. The van der Waals surface area contributed by atoms with Gasteiger partial charge in [-0.1, -0.05) is 39.7 Å². The zero-order valence-corrected chi connectivity index (χ0v) is 24.1. The van der Waals surface area contributed by atoms with Crippen LogP contribution in [0.15, 0.2) is 70.0 Å². The standard InChI is InChI=1S/C28H28BrClFN3O3S/c1-19-17-20(4-10-24(19)29)26-3-2-12-34(26)28(35)21-5-11-25(30)27(18-21)38(36,37)33-15-13-32(14-16-33)23-8-6-22(31)7-9-23/h4-11,17-18,26H,2-3,12-16H2,1H3. The molecule has 2 saturated heterocycles. The SMILES string of the molecule is Cc1cc(C2CCCN2C(=O)c2ccc(Cl)c(S(=O)(=O)N3CCN(c4ccc(F)cc4)CC3)c2)ccc1Br. The monoisotopic (exact) mass is 619 g/mol. The van der Waals surface area contributed by atoms with Crippen molar-refractivity contribution in [2.75, 3.05) is 37.6 Å². The van der Waals surface area contributed by atoms with Crippen molar-refractivity contribution in [2.24, 2.45) is 0 Å². The minimum atomic E-state index is -3.92. The molecule has 0 radical (unpaired) electrons. The zero-order chi connectivity index (χ0) is 27.0. The van der Waals surface area contributed by atoms with Gasteiger partial charge < -0.3 is 9.80 Å². The molecule has 0 spiro atoms. The molecule has 1 unspecified atom stereocenters. The van der Waals surface area contributed by atoms with Gasteiger partial charge in [-0.3, -0.25) is 4.79 Å². The lowest BCUT2D eigenvalue weighted by Gasteiger charge is -2.35. The van der Waals surface area contributed by atoms with Gasteiger partial charge in [0.05, 0.1) is 11.1 Å². The van der Waals surface area contributed by atoms with E-state index in [4.69, 9.17) is 11.6 Å². The molecule has 0 aliphatic carbocycles. The fraction of sp³-hybridized carbons (Fsp3) is 0.321.